The van der Waals surface area contributed by atoms with E-state index in [0.717, 1.165) is 0 Å². The molecule has 0 unspecified atom stereocenters. The van der Waals surface area contributed by atoms with Gasteiger partial charge in [0.15, 0.2) is 11.5 Å². The van der Waals surface area contributed by atoms with Crippen LogP contribution in [0.2, 0.25) is 10.0 Å². The highest BCUT2D eigenvalue weighted by Gasteiger charge is 2.25. The molecule has 29 heavy (non-hydrogen) atoms. The molecule has 9 heteroatoms. The zero-order valence-electron chi connectivity index (χ0n) is 16.5. The summed E-state index contributed by atoms with van der Waals surface area (Å²) in [6, 6.07) is 3.16. The van der Waals surface area contributed by atoms with E-state index in [4.69, 9.17) is 27.9 Å². The molecule has 0 radical (unpaired) electrons. The van der Waals surface area contributed by atoms with Gasteiger partial charge in [-0.05, 0) is 24.5 Å². The lowest BCUT2D eigenvalue weighted by molar-refractivity contribution is -0.112. The molecule has 1 aliphatic rings. The third kappa shape index (κ3) is 4.06. The SMILES string of the molecule is C=C1CC(=O)C(c2cc(Cl)c(Oc3cc(C(C)C)c(=O)n(C)n3)c(Cl)c2C)=NN1. The minimum atomic E-state index is -0.195. The van der Waals surface area contributed by atoms with Gasteiger partial charge in [-0.3, -0.25) is 15.0 Å². The molecule has 0 atom stereocenters. The lowest BCUT2D eigenvalue weighted by Gasteiger charge is -2.18. The number of hydrogen-bond donors (Lipinski definition) is 1. The number of ketones is 1. The number of aryl methyl sites for hydroxylation is 1. The third-order valence-electron chi connectivity index (χ3n) is 4.54. The number of carbonyl (C=O) groups excluding carboxylic acids is 1. The minimum Gasteiger partial charge on any atom is -0.434 e. The topological polar surface area (TPSA) is 85.6 Å². The molecule has 0 fully saturated rings. The van der Waals surface area contributed by atoms with E-state index in [1.54, 1.807) is 26.1 Å². The van der Waals surface area contributed by atoms with E-state index in [-0.39, 0.29) is 51.1 Å². The van der Waals surface area contributed by atoms with Crippen LogP contribution in [0.1, 0.15) is 42.9 Å². The highest BCUT2D eigenvalue weighted by Crippen LogP contribution is 2.40. The van der Waals surface area contributed by atoms with Crippen LogP contribution in [-0.4, -0.2) is 21.3 Å². The Morgan fingerprint density at radius 2 is 1.97 bits per heavy atom. The molecule has 7 nitrogen and oxygen atoms in total. The van der Waals surface area contributed by atoms with Crippen molar-refractivity contribution in [1.29, 1.82) is 0 Å². The molecule has 1 aromatic carbocycles. The summed E-state index contributed by atoms with van der Waals surface area (Å²) >= 11 is 12.9. The molecule has 0 spiro atoms. The molecule has 0 aliphatic carbocycles. The van der Waals surface area contributed by atoms with Gasteiger partial charge in [-0.1, -0.05) is 43.6 Å². The average molecular weight is 435 g/mol. The quantitative estimate of drug-likeness (QED) is 0.782. The maximum atomic E-state index is 12.3. The first-order valence-corrected chi connectivity index (χ1v) is 9.65. The molecule has 2 heterocycles. The van der Waals surface area contributed by atoms with Crippen LogP contribution in [0, 0.1) is 6.92 Å². The van der Waals surface area contributed by atoms with Crippen LogP contribution < -0.4 is 15.7 Å². The zero-order chi connectivity index (χ0) is 21.5. The van der Waals surface area contributed by atoms with Crippen molar-refractivity contribution in [3.05, 3.63) is 61.5 Å². The fourth-order valence-electron chi connectivity index (χ4n) is 2.93. The Bertz CT molecular complexity index is 1120. The van der Waals surface area contributed by atoms with E-state index in [1.165, 1.54) is 4.68 Å². The van der Waals surface area contributed by atoms with Crippen LogP contribution in [0.5, 0.6) is 11.6 Å². The molecular weight excluding hydrogens is 415 g/mol. The number of allylic oxidation sites excluding steroid dienone is 1. The van der Waals surface area contributed by atoms with Crippen molar-refractivity contribution < 1.29 is 9.53 Å². The monoisotopic (exact) mass is 434 g/mol. The second-order valence-corrected chi connectivity index (χ2v) is 7.86. The van der Waals surface area contributed by atoms with Gasteiger partial charge in [0, 0.05) is 29.9 Å². The first-order valence-electron chi connectivity index (χ1n) is 8.89. The summed E-state index contributed by atoms with van der Waals surface area (Å²) < 4.78 is 7.05. The second-order valence-electron chi connectivity index (χ2n) is 7.07. The second kappa shape index (κ2) is 8.00. The number of hydrazone groups is 1. The van der Waals surface area contributed by atoms with E-state index in [2.05, 4.69) is 22.2 Å². The normalized spacial score (nSPS) is 14.1. The number of rotatable bonds is 4. The van der Waals surface area contributed by atoms with Crippen LogP contribution in [0.4, 0.5) is 0 Å². The maximum Gasteiger partial charge on any atom is 0.270 e. The van der Waals surface area contributed by atoms with E-state index >= 15 is 0 Å². The van der Waals surface area contributed by atoms with Gasteiger partial charge in [0.25, 0.3) is 5.56 Å². The highest BCUT2D eigenvalue weighted by atomic mass is 35.5. The Hall–Kier alpha value is -2.64. The van der Waals surface area contributed by atoms with Crippen molar-refractivity contribution in [3.63, 3.8) is 0 Å². The zero-order valence-corrected chi connectivity index (χ0v) is 18.0. The van der Waals surface area contributed by atoms with Crippen LogP contribution in [0.25, 0.3) is 0 Å². The number of aromatic nitrogens is 2. The lowest BCUT2D eigenvalue weighted by Crippen LogP contribution is -2.27. The van der Waals surface area contributed by atoms with Crippen molar-refractivity contribution in [1.82, 2.24) is 15.2 Å². The number of nitrogens with zero attached hydrogens (tertiary/aromatic N) is 3. The smallest absolute Gasteiger partial charge is 0.270 e. The molecule has 0 bridgehead atoms. The summed E-state index contributed by atoms with van der Waals surface area (Å²) in [6.07, 6.45) is 0.145. The Morgan fingerprint density at radius 3 is 2.59 bits per heavy atom. The molecule has 0 saturated carbocycles. The molecule has 3 rings (SSSR count). The van der Waals surface area contributed by atoms with Gasteiger partial charge in [-0.25, -0.2) is 4.68 Å². The average Bonchev–Trinajstić information content (AvgIpc) is 2.64. The number of nitrogens with one attached hydrogen (secondary N) is 1. The molecular formula is C20H20Cl2N4O3. The summed E-state index contributed by atoms with van der Waals surface area (Å²) in [4.78, 5) is 24.5. The number of halogens is 2. The van der Waals surface area contributed by atoms with Crippen LogP contribution in [-0.2, 0) is 11.8 Å². The van der Waals surface area contributed by atoms with E-state index in [0.29, 0.717) is 22.4 Å². The Labute approximate surface area is 178 Å². The molecule has 1 N–H and O–H groups in total. The van der Waals surface area contributed by atoms with Crippen LogP contribution in [0.3, 0.4) is 0 Å². The number of benzene rings is 1. The lowest BCUT2D eigenvalue weighted by atomic mass is 9.98. The van der Waals surface area contributed by atoms with E-state index in [1.807, 2.05) is 13.8 Å². The maximum absolute atomic E-state index is 12.3. The summed E-state index contributed by atoms with van der Waals surface area (Å²) in [7, 11) is 1.55. The van der Waals surface area contributed by atoms with Crippen molar-refractivity contribution in [2.45, 2.75) is 33.1 Å². The standard InChI is InChI=1S/C20H20Cl2N4O3/c1-9(2)12-8-16(25-26(5)20(12)28)29-19-14(21)7-13(11(4)17(19)22)18-15(27)6-10(3)23-24-18/h7-9,23H,3,6H2,1-2,4-5H3. The molecule has 1 aliphatic heterocycles. The third-order valence-corrected chi connectivity index (χ3v) is 5.27. The number of carbonyl (C=O) groups is 1. The largest absolute Gasteiger partial charge is 0.434 e. The number of Topliss-reactive ketones (excluding diaryl/α,β-unsaturated/α-hetero) is 1. The van der Waals surface area contributed by atoms with Gasteiger partial charge in [-0.2, -0.15) is 5.10 Å². The fourth-order valence-corrected chi connectivity index (χ4v) is 3.46. The predicted octanol–water partition coefficient (Wildman–Crippen LogP) is 4.09. The van der Waals surface area contributed by atoms with Crippen molar-refractivity contribution >= 4 is 34.7 Å². The van der Waals surface area contributed by atoms with E-state index in [9.17, 15) is 9.59 Å². The minimum absolute atomic E-state index is 0.00770. The number of hydrogen-bond acceptors (Lipinski definition) is 6. The summed E-state index contributed by atoms with van der Waals surface area (Å²) in [6.45, 7) is 9.26. The number of ether oxygens (including phenoxy) is 1. The van der Waals surface area contributed by atoms with Gasteiger partial charge in [0.2, 0.25) is 5.88 Å². The first kappa shape index (κ1) is 21.1. The van der Waals surface area contributed by atoms with Crippen molar-refractivity contribution in [3.8, 4) is 11.6 Å². The van der Waals surface area contributed by atoms with E-state index < -0.39 is 0 Å². The van der Waals surface area contributed by atoms with Crippen molar-refractivity contribution in [2.75, 3.05) is 0 Å². The Balaban J connectivity index is 2.05. The molecule has 0 amide bonds. The van der Waals surface area contributed by atoms with Gasteiger partial charge >= 0.3 is 0 Å². The molecule has 152 valence electrons. The predicted molar refractivity (Wildman–Crippen MR) is 113 cm³/mol. The molecule has 1 aromatic heterocycles. The summed E-state index contributed by atoms with van der Waals surface area (Å²) in [5.41, 5.74) is 4.93. The van der Waals surface area contributed by atoms with Crippen LogP contribution >= 0.6 is 23.2 Å². The van der Waals surface area contributed by atoms with Crippen molar-refractivity contribution in [2.24, 2.45) is 12.1 Å². The van der Waals surface area contributed by atoms with Gasteiger partial charge in [0.05, 0.1) is 16.5 Å². The summed E-state index contributed by atoms with van der Waals surface area (Å²) in [5, 5.41) is 8.63. The fraction of sp³-hybridized carbons (Fsp3) is 0.300. The molecule has 0 saturated heterocycles. The van der Waals surface area contributed by atoms with Gasteiger partial charge in [0.1, 0.15) is 5.71 Å². The Morgan fingerprint density at radius 1 is 1.28 bits per heavy atom. The van der Waals surface area contributed by atoms with Crippen LogP contribution in [0.15, 0.2) is 34.3 Å². The van der Waals surface area contributed by atoms with Gasteiger partial charge < -0.3 is 4.74 Å². The Kier molecular flexibility index (Phi) is 5.82. The first-order chi connectivity index (χ1) is 13.6. The van der Waals surface area contributed by atoms with Gasteiger partial charge in [-0.15, -0.1) is 5.10 Å². The molecule has 2 aromatic rings. The summed E-state index contributed by atoms with van der Waals surface area (Å²) in [5.74, 6) is 0.193. The highest BCUT2D eigenvalue weighted by molar-refractivity contribution is 6.48.